The number of carbonyl (C=O) groups excluding carboxylic acids is 1. The molecule has 2 atom stereocenters. The molecule has 1 N–H and O–H groups in total. The molecule has 26 heavy (non-hydrogen) atoms. The van der Waals surface area contributed by atoms with Gasteiger partial charge in [0.1, 0.15) is 11.5 Å². The van der Waals surface area contributed by atoms with Crippen LogP contribution in [0.5, 0.6) is 5.75 Å². The predicted octanol–water partition coefficient (Wildman–Crippen LogP) is 6.89. The van der Waals surface area contributed by atoms with Gasteiger partial charge in [0.25, 0.3) is 0 Å². The van der Waals surface area contributed by atoms with Crippen molar-refractivity contribution in [2.24, 2.45) is 5.92 Å². The van der Waals surface area contributed by atoms with Gasteiger partial charge in [0.2, 0.25) is 0 Å². The summed E-state index contributed by atoms with van der Waals surface area (Å²) in [7, 11) is 0. The van der Waals surface area contributed by atoms with Crippen molar-refractivity contribution in [3.05, 3.63) is 29.3 Å². The molecule has 2 unspecified atom stereocenters. The van der Waals surface area contributed by atoms with Crippen LogP contribution in [0.3, 0.4) is 0 Å². The van der Waals surface area contributed by atoms with E-state index in [-0.39, 0.29) is 11.3 Å². The van der Waals surface area contributed by atoms with Crippen molar-refractivity contribution in [1.82, 2.24) is 0 Å². The third kappa shape index (κ3) is 5.59. The molecule has 2 heteroatoms. The number of ketones is 1. The summed E-state index contributed by atoms with van der Waals surface area (Å²) in [5.41, 5.74) is 2.27. The fourth-order valence-corrected chi connectivity index (χ4v) is 4.56. The number of unbranched alkanes of at least 4 members (excludes halogenated alkanes) is 3. The zero-order valence-corrected chi connectivity index (χ0v) is 17.3. The number of rotatable bonds is 9. The second kappa shape index (κ2) is 9.58. The Morgan fingerprint density at radius 3 is 2.50 bits per heavy atom. The Hall–Kier alpha value is -1.31. The van der Waals surface area contributed by atoms with E-state index in [4.69, 9.17) is 0 Å². The summed E-state index contributed by atoms with van der Waals surface area (Å²) < 4.78 is 0. The van der Waals surface area contributed by atoms with Crippen molar-refractivity contribution in [3.63, 3.8) is 0 Å². The highest BCUT2D eigenvalue weighted by Gasteiger charge is 2.30. The Balaban J connectivity index is 2.09. The molecule has 0 aromatic heterocycles. The Labute approximate surface area is 160 Å². The first-order chi connectivity index (χ1) is 12.4. The fraction of sp³-hybridized carbons (Fsp3) is 0.708. The molecule has 0 bridgehead atoms. The summed E-state index contributed by atoms with van der Waals surface area (Å²) in [5, 5.41) is 10.7. The van der Waals surface area contributed by atoms with Crippen LogP contribution in [0.25, 0.3) is 0 Å². The average Bonchev–Trinajstić information content (AvgIpc) is 2.58. The summed E-state index contributed by atoms with van der Waals surface area (Å²) >= 11 is 0. The standard InChI is InChI=1S/C24H38O2/c1-5-7-8-9-13-24(3,4)20-11-12-22(23(26)17-20)19-14-18(10-6-2)15-21(25)16-19/h11-12,17-19,26H,5-10,13-16H2,1-4H3. The predicted molar refractivity (Wildman–Crippen MR) is 110 cm³/mol. The van der Waals surface area contributed by atoms with Crippen LogP contribution >= 0.6 is 0 Å². The summed E-state index contributed by atoms with van der Waals surface area (Å²) in [6.45, 7) is 8.97. The zero-order valence-electron chi connectivity index (χ0n) is 17.3. The van der Waals surface area contributed by atoms with E-state index < -0.39 is 0 Å². The fourth-order valence-electron chi connectivity index (χ4n) is 4.56. The summed E-state index contributed by atoms with van der Waals surface area (Å²) in [6, 6.07) is 6.23. The summed E-state index contributed by atoms with van der Waals surface area (Å²) in [5.74, 6) is 1.42. The zero-order chi connectivity index (χ0) is 19.2. The molecule has 1 aliphatic rings. The number of aromatic hydroxyl groups is 1. The monoisotopic (exact) mass is 358 g/mol. The van der Waals surface area contributed by atoms with Crippen LogP contribution in [-0.4, -0.2) is 10.9 Å². The molecule has 2 nitrogen and oxygen atoms in total. The molecular formula is C24H38O2. The Morgan fingerprint density at radius 1 is 1.08 bits per heavy atom. The SMILES string of the molecule is CCCCCCC(C)(C)c1ccc(C2CC(=O)CC(CCC)C2)c(O)c1. The minimum Gasteiger partial charge on any atom is -0.508 e. The lowest BCUT2D eigenvalue weighted by atomic mass is 9.74. The van der Waals surface area contributed by atoms with E-state index >= 15 is 0 Å². The maximum absolute atomic E-state index is 12.2. The van der Waals surface area contributed by atoms with Gasteiger partial charge >= 0.3 is 0 Å². The number of phenols is 1. The largest absolute Gasteiger partial charge is 0.508 e. The third-order valence-corrected chi connectivity index (χ3v) is 6.21. The molecule has 1 fully saturated rings. The van der Waals surface area contributed by atoms with Crippen molar-refractivity contribution in [2.75, 3.05) is 0 Å². The first kappa shape index (κ1) is 21.0. The van der Waals surface area contributed by atoms with Gasteiger partial charge in [0.05, 0.1) is 0 Å². The molecule has 0 radical (unpaired) electrons. The van der Waals surface area contributed by atoms with Crippen molar-refractivity contribution in [1.29, 1.82) is 0 Å². The number of phenolic OH excluding ortho intramolecular Hbond substituents is 1. The van der Waals surface area contributed by atoms with Crippen LogP contribution in [0.2, 0.25) is 0 Å². The van der Waals surface area contributed by atoms with E-state index in [9.17, 15) is 9.90 Å². The highest BCUT2D eigenvalue weighted by Crippen LogP contribution is 2.41. The van der Waals surface area contributed by atoms with Crippen molar-refractivity contribution in [3.8, 4) is 5.75 Å². The topological polar surface area (TPSA) is 37.3 Å². The Kier molecular flexibility index (Phi) is 7.73. The normalized spacial score (nSPS) is 21.2. The minimum absolute atomic E-state index is 0.0802. The lowest BCUT2D eigenvalue weighted by Crippen LogP contribution is -2.22. The van der Waals surface area contributed by atoms with Gasteiger partial charge in [0, 0.05) is 12.8 Å². The van der Waals surface area contributed by atoms with E-state index in [1.165, 1.54) is 31.2 Å². The molecule has 0 aliphatic heterocycles. The van der Waals surface area contributed by atoms with Crippen LogP contribution in [0.4, 0.5) is 0 Å². The van der Waals surface area contributed by atoms with Gasteiger partial charge in [-0.25, -0.2) is 0 Å². The molecule has 2 rings (SSSR count). The third-order valence-electron chi connectivity index (χ3n) is 6.21. The maximum atomic E-state index is 12.2. The molecule has 146 valence electrons. The highest BCUT2D eigenvalue weighted by molar-refractivity contribution is 5.80. The van der Waals surface area contributed by atoms with E-state index in [0.29, 0.717) is 23.9 Å². The second-order valence-corrected chi connectivity index (χ2v) is 9.00. The van der Waals surface area contributed by atoms with Crippen LogP contribution < -0.4 is 0 Å². The van der Waals surface area contributed by atoms with E-state index in [0.717, 1.165) is 37.7 Å². The molecule has 0 saturated heterocycles. The van der Waals surface area contributed by atoms with Crippen molar-refractivity contribution >= 4 is 5.78 Å². The molecule has 1 saturated carbocycles. The molecule has 1 aliphatic carbocycles. The molecular weight excluding hydrogens is 320 g/mol. The quantitative estimate of drug-likeness (QED) is 0.488. The molecule has 0 amide bonds. The van der Waals surface area contributed by atoms with E-state index in [1.807, 2.05) is 6.07 Å². The van der Waals surface area contributed by atoms with Crippen LogP contribution in [-0.2, 0) is 10.2 Å². The number of carbonyl (C=O) groups is 1. The van der Waals surface area contributed by atoms with Gasteiger partial charge in [-0.05, 0) is 47.3 Å². The van der Waals surface area contributed by atoms with Crippen molar-refractivity contribution in [2.45, 2.75) is 103 Å². The number of hydrogen-bond donors (Lipinski definition) is 1. The number of benzene rings is 1. The first-order valence-corrected chi connectivity index (χ1v) is 10.7. The average molecular weight is 359 g/mol. The molecule has 1 aromatic rings. The highest BCUT2D eigenvalue weighted by atomic mass is 16.3. The van der Waals surface area contributed by atoms with Crippen LogP contribution in [0.1, 0.15) is 109 Å². The Morgan fingerprint density at radius 2 is 1.85 bits per heavy atom. The number of Topliss-reactive ketones (excluding diaryl/α,β-unsaturated/α-hetero) is 1. The van der Waals surface area contributed by atoms with Gasteiger partial charge < -0.3 is 5.11 Å². The minimum atomic E-state index is 0.0802. The molecule has 1 aromatic carbocycles. The van der Waals surface area contributed by atoms with E-state index in [1.54, 1.807) is 0 Å². The van der Waals surface area contributed by atoms with Crippen LogP contribution in [0, 0.1) is 5.92 Å². The van der Waals surface area contributed by atoms with Gasteiger partial charge in [0.15, 0.2) is 0 Å². The lowest BCUT2D eigenvalue weighted by molar-refractivity contribution is -0.122. The maximum Gasteiger partial charge on any atom is 0.133 e. The Bertz CT molecular complexity index is 588. The van der Waals surface area contributed by atoms with Crippen molar-refractivity contribution < 1.29 is 9.90 Å². The number of hydrogen-bond acceptors (Lipinski definition) is 2. The van der Waals surface area contributed by atoms with Gasteiger partial charge in [-0.3, -0.25) is 4.79 Å². The van der Waals surface area contributed by atoms with Gasteiger partial charge in [-0.15, -0.1) is 0 Å². The summed E-state index contributed by atoms with van der Waals surface area (Å²) in [4.78, 5) is 12.2. The molecule has 0 spiro atoms. The molecule has 0 heterocycles. The van der Waals surface area contributed by atoms with Gasteiger partial charge in [-0.1, -0.05) is 78.4 Å². The van der Waals surface area contributed by atoms with Gasteiger partial charge in [-0.2, -0.15) is 0 Å². The first-order valence-electron chi connectivity index (χ1n) is 10.7. The second-order valence-electron chi connectivity index (χ2n) is 9.00. The smallest absolute Gasteiger partial charge is 0.133 e. The van der Waals surface area contributed by atoms with E-state index in [2.05, 4.69) is 39.8 Å². The lowest BCUT2D eigenvalue weighted by Gasteiger charge is -2.30. The summed E-state index contributed by atoms with van der Waals surface area (Å²) in [6.07, 6.45) is 10.8. The van der Waals surface area contributed by atoms with Crippen LogP contribution in [0.15, 0.2) is 18.2 Å².